The van der Waals surface area contributed by atoms with E-state index in [1.807, 2.05) is 0 Å². The van der Waals surface area contributed by atoms with Crippen LogP contribution in [0.2, 0.25) is 0 Å². The highest BCUT2D eigenvalue weighted by Crippen LogP contribution is 2.36. The molecule has 0 saturated carbocycles. The van der Waals surface area contributed by atoms with E-state index in [0.29, 0.717) is 43.4 Å². The van der Waals surface area contributed by atoms with Crippen molar-refractivity contribution in [2.24, 2.45) is 0 Å². The largest absolute Gasteiger partial charge is 0.478 e. The van der Waals surface area contributed by atoms with E-state index in [1.54, 1.807) is 36.0 Å². The van der Waals surface area contributed by atoms with Crippen LogP contribution < -0.4 is 15.1 Å². The normalized spacial score (nSPS) is 13.7. The van der Waals surface area contributed by atoms with Gasteiger partial charge in [-0.25, -0.2) is 14.8 Å². The van der Waals surface area contributed by atoms with Crippen LogP contribution in [0, 0.1) is 0 Å². The van der Waals surface area contributed by atoms with Crippen molar-refractivity contribution in [3.63, 3.8) is 0 Å². The highest BCUT2D eigenvalue weighted by molar-refractivity contribution is 5.88. The predicted molar refractivity (Wildman–Crippen MR) is 122 cm³/mol. The lowest BCUT2D eigenvalue weighted by atomic mass is 10.1. The second-order valence-corrected chi connectivity index (χ2v) is 8.06. The molecule has 11 heteroatoms. The fourth-order valence-electron chi connectivity index (χ4n) is 3.80. The molecule has 0 bridgehead atoms. The van der Waals surface area contributed by atoms with Crippen molar-refractivity contribution in [2.75, 3.05) is 42.3 Å². The van der Waals surface area contributed by atoms with E-state index in [-0.39, 0.29) is 11.4 Å². The quantitative estimate of drug-likeness (QED) is 0.576. The molecule has 1 aromatic carbocycles. The van der Waals surface area contributed by atoms with Crippen LogP contribution in [0.1, 0.15) is 27.2 Å². The van der Waals surface area contributed by atoms with Crippen molar-refractivity contribution < 1.29 is 23.1 Å². The third kappa shape index (κ3) is 4.87. The fourth-order valence-corrected chi connectivity index (χ4v) is 3.80. The Bertz CT molecular complexity index is 1200. The Morgan fingerprint density at radius 2 is 1.79 bits per heavy atom. The van der Waals surface area contributed by atoms with E-state index < -0.39 is 17.7 Å². The molecule has 1 aliphatic heterocycles. The van der Waals surface area contributed by atoms with Crippen molar-refractivity contribution in [2.45, 2.75) is 19.0 Å². The average molecular weight is 472 g/mol. The lowest BCUT2D eigenvalue weighted by Gasteiger charge is -2.24. The molecule has 0 radical (unpaired) electrons. The van der Waals surface area contributed by atoms with Gasteiger partial charge in [0.15, 0.2) is 0 Å². The number of carboxylic acid groups (broad SMARTS) is 1. The van der Waals surface area contributed by atoms with Crippen molar-refractivity contribution >= 4 is 29.2 Å². The van der Waals surface area contributed by atoms with Gasteiger partial charge in [0, 0.05) is 51.1 Å². The van der Waals surface area contributed by atoms with Crippen molar-refractivity contribution in [1.82, 2.24) is 15.0 Å². The van der Waals surface area contributed by atoms with Crippen LogP contribution in [-0.2, 0) is 19.0 Å². The maximum Gasteiger partial charge on any atom is 0.419 e. The van der Waals surface area contributed by atoms with Gasteiger partial charge in [0.2, 0.25) is 5.95 Å². The minimum atomic E-state index is -4.50. The van der Waals surface area contributed by atoms with Crippen LogP contribution >= 0.6 is 0 Å². The fraction of sp³-hybridized carbons (Fsp3) is 0.304. The molecule has 3 aromatic rings. The van der Waals surface area contributed by atoms with E-state index in [1.165, 1.54) is 24.4 Å². The molecule has 8 nitrogen and oxygen atoms in total. The highest BCUT2D eigenvalue weighted by atomic mass is 19.4. The zero-order valence-electron chi connectivity index (χ0n) is 18.6. The Hall–Kier alpha value is -3.89. The Balaban J connectivity index is 1.67. The number of aromatic nitrogens is 3. The summed E-state index contributed by atoms with van der Waals surface area (Å²) in [6.07, 6.45) is -2.32. The number of nitrogens with one attached hydrogen (secondary N) is 1. The Kier molecular flexibility index (Phi) is 6.27. The summed E-state index contributed by atoms with van der Waals surface area (Å²) in [7, 11) is 3.61. The molecule has 2 aromatic heterocycles. The number of aromatic carboxylic acids is 1. The first-order valence-electron chi connectivity index (χ1n) is 10.6. The molecular weight excluding hydrogens is 449 g/mol. The number of pyridine rings is 1. The SMILES string of the molecule is CN(C)c1nc2c(c(Nc3ccc(C(=O)O)cc3)n1)CCN(c1ncccc1C(F)(F)F)CC2. The molecule has 0 fully saturated rings. The third-order valence-corrected chi connectivity index (χ3v) is 5.52. The van der Waals surface area contributed by atoms with Crippen LogP contribution in [0.3, 0.4) is 0 Å². The van der Waals surface area contributed by atoms with Crippen molar-refractivity contribution in [3.8, 4) is 0 Å². The smallest absolute Gasteiger partial charge is 0.419 e. The minimum absolute atomic E-state index is 0.0950. The number of fused-ring (bicyclic) bond motifs is 1. The molecule has 0 unspecified atom stereocenters. The number of alkyl halides is 3. The number of hydrogen-bond donors (Lipinski definition) is 2. The Morgan fingerprint density at radius 3 is 2.44 bits per heavy atom. The first-order chi connectivity index (χ1) is 16.1. The summed E-state index contributed by atoms with van der Waals surface area (Å²) < 4.78 is 40.7. The van der Waals surface area contributed by atoms with E-state index in [0.717, 1.165) is 17.3 Å². The van der Waals surface area contributed by atoms with E-state index >= 15 is 0 Å². The number of nitrogens with zero attached hydrogens (tertiary/aromatic N) is 5. The van der Waals surface area contributed by atoms with Gasteiger partial charge in [-0.2, -0.15) is 18.2 Å². The van der Waals surface area contributed by atoms with Gasteiger partial charge in [-0.1, -0.05) is 0 Å². The summed E-state index contributed by atoms with van der Waals surface area (Å²) in [5, 5.41) is 12.3. The van der Waals surface area contributed by atoms with Gasteiger partial charge < -0.3 is 20.2 Å². The van der Waals surface area contributed by atoms with Gasteiger partial charge >= 0.3 is 12.1 Å². The molecule has 34 heavy (non-hydrogen) atoms. The number of benzene rings is 1. The summed E-state index contributed by atoms with van der Waals surface area (Å²) in [6, 6.07) is 8.57. The highest BCUT2D eigenvalue weighted by Gasteiger charge is 2.36. The molecule has 178 valence electrons. The second kappa shape index (κ2) is 9.16. The van der Waals surface area contributed by atoms with Crippen LogP contribution in [0.25, 0.3) is 0 Å². The predicted octanol–water partition coefficient (Wildman–Crippen LogP) is 4.00. The number of rotatable bonds is 5. The zero-order valence-corrected chi connectivity index (χ0v) is 18.6. The first-order valence-corrected chi connectivity index (χ1v) is 10.6. The van der Waals surface area contributed by atoms with E-state index in [4.69, 9.17) is 5.11 Å². The van der Waals surface area contributed by atoms with Gasteiger partial charge in [-0.15, -0.1) is 0 Å². The number of carboxylic acids is 1. The average Bonchev–Trinajstić information content (AvgIpc) is 3.01. The molecule has 0 spiro atoms. The first kappa shape index (κ1) is 23.3. The van der Waals surface area contributed by atoms with Gasteiger partial charge in [0.25, 0.3) is 0 Å². The summed E-state index contributed by atoms with van der Waals surface area (Å²) in [5.74, 6) is -0.117. The van der Waals surface area contributed by atoms with Crippen LogP contribution in [0.15, 0.2) is 42.6 Å². The van der Waals surface area contributed by atoms with Crippen molar-refractivity contribution in [3.05, 3.63) is 65.0 Å². The van der Waals surface area contributed by atoms with Crippen LogP contribution in [-0.4, -0.2) is 53.2 Å². The molecule has 2 N–H and O–H groups in total. The maximum atomic E-state index is 13.6. The van der Waals surface area contributed by atoms with Crippen molar-refractivity contribution in [1.29, 1.82) is 0 Å². The number of carbonyl (C=O) groups is 1. The van der Waals surface area contributed by atoms with E-state index in [9.17, 15) is 18.0 Å². The van der Waals surface area contributed by atoms with Gasteiger partial charge in [-0.3, -0.25) is 0 Å². The molecule has 0 amide bonds. The van der Waals surface area contributed by atoms with Gasteiger partial charge in [0.05, 0.1) is 16.8 Å². The Labute approximate surface area is 194 Å². The van der Waals surface area contributed by atoms with Gasteiger partial charge in [-0.05, 0) is 42.8 Å². The summed E-state index contributed by atoms with van der Waals surface area (Å²) in [6.45, 7) is 0.633. The molecule has 0 aliphatic carbocycles. The molecule has 3 heterocycles. The topological polar surface area (TPSA) is 94.5 Å². The molecule has 4 rings (SSSR count). The summed E-state index contributed by atoms with van der Waals surface area (Å²) >= 11 is 0. The Morgan fingerprint density at radius 1 is 1.09 bits per heavy atom. The summed E-state index contributed by atoms with van der Waals surface area (Å²) in [5.41, 5.74) is 1.58. The molecular formula is C23H23F3N6O2. The van der Waals surface area contributed by atoms with Gasteiger partial charge in [0.1, 0.15) is 11.6 Å². The second-order valence-electron chi connectivity index (χ2n) is 8.06. The minimum Gasteiger partial charge on any atom is -0.478 e. The maximum absolute atomic E-state index is 13.6. The lowest BCUT2D eigenvalue weighted by Crippen LogP contribution is -2.29. The lowest BCUT2D eigenvalue weighted by molar-refractivity contribution is -0.137. The molecule has 1 aliphatic rings. The third-order valence-electron chi connectivity index (χ3n) is 5.52. The monoisotopic (exact) mass is 472 g/mol. The number of hydrogen-bond acceptors (Lipinski definition) is 7. The number of anilines is 4. The molecule has 0 saturated heterocycles. The molecule has 0 atom stereocenters. The standard InChI is InChI=1S/C23H23F3N6O2/c1-31(2)22-29-18-10-13-32(20-17(23(24,25)26)4-3-11-27-20)12-9-16(18)19(30-22)28-15-7-5-14(6-8-15)21(33)34/h3-8,11H,9-10,12-13H2,1-2H3,(H,33,34)(H,28,29,30). The summed E-state index contributed by atoms with van der Waals surface area (Å²) in [4.78, 5) is 27.8. The van der Waals surface area contributed by atoms with Crippen LogP contribution in [0.4, 0.5) is 36.4 Å². The van der Waals surface area contributed by atoms with Crippen LogP contribution in [0.5, 0.6) is 0 Å². The zero-order chi connectivity index (χ0) is 24.5. The van der Waals surface area contributed by atoms with E-state index in [2.05, 4.69) is 20.3 Å². The number of halogens is 3.